The Morgan fingerprint density at radius 2 is 2.06 bits per heavy atom. The number of hydrogen-bond donors (Lipinski definition) is 2. The van der Waals surface area contributed by atoms with Gasteiger partial charge in [-0.05, 0) is 36.2 Å². The van der Waals surface area contributed by atoms with Gasteiger partial charge in [-0.25, -0.2) is 5.43 Å². The number of hydrogen-bond acceptors (Lipinski definition) is 3. The number of rotatable bonds is 6. The SMILES string of the molecule is CCCCCC(=O)N/N=C/c1ccc(O)cc1. The standard InChI is InChI=1S/C13H18N2O2/c1-2-3-4-5-13(17)15-14-10-11-6-8-12(16)9-7-11/h6-10,16H,2-5H2,1H3,(H,15,17)/b14-10+. The molecule has 0 bridgehead atoms. The van der Waals surface area contributed by atoms with E-state index in [9.17, 15) is 4.79 Å². The molecular weight excluding hydrogens is 216 g/mol. The topological polar surface area (TPSA) is 61.7 Å². The normalized spacial score (nSPS) is 10.6. The molecule has 4 heteroatoms. The van der Waals surface area contributed by atoms with Crippen LogP contribution in [-0.4, -0.2) is 17.2 Å². The van der Waals surface area contributed by atoms with E-state index in [0.29, 0.717) is 6.42 Å². The molecule has 0 aliphatic rings. The van der Waals surface area contributed by atoms with Crippen molar-refractivity contribution in [1.82, 2.24) is 5.43 Å². The second-order valence-corrected chi connectivity index (χ2v) is 3.84. The number of nitrogens with one attached hydrogen (secondary N) is 1. The van der Waals surface area contributed by atoms with Gasteiger partial charge in [0.1, 0.15) is 5.75 Å². The molecule has 17 heavy (non-hydrogen) atoms. The fraction of sp³-hybridized carbons (Fsp3) is 0.385. The highest BCUT2D eigenvalue weighted by atomic mass is 16.3. The number of carbonyl (C=O) groups excluding carboxylic acids is 1. The minimum Gasteiger partial charge on any atom is -0.508 e. The van der Waals surface area contributed by atoms with Crippen LogP contribution in [0.5, 0.6) is 5.75 Å². The maximum absolute atomic E-state index is 11.3. The number of nitrogens with zero attached hydrogens (tertiary/aromatic N) is 1. The van der Waals surface area contributed by atoms with Crippen molar-refractivity contribution in [2.45, 2.75) is 32.6 Å². The van der Waals surface area contributed by atoms with Gasteiger partial charge >= 0.3 is 0 Å². The van der Waals surface area contributed by atoms with Crippen LogP contribution >= 0.6 is 0 Å². The first-order chi connectivity index (χ1) is 8.22. The summed E-state index contributed by atoms with van der Waals surface area (Å²) in [6.45, 7) is 2.10. The number of unbranched alkanes of at least 4 members (excludes halogenated alkanes) is 2. The number of carbonyl (C=O) groups is 1. The Hall–Kier alpha value is -1.84. The Labute approximate surface area is 101 Å². The van der Waals surface area contributed by atoms with Crippen molar-refractivity contribution in [1.29, 1.82) is 0 Å². The van der Waals surface area contributed by atoms with Crippen LogP contribution < -0.4 is 5.43 Å². The quantitative estimate of drug-likeness (QED) is 0.451. The lowest BCUT2D eigenvalue weighted by Gasteiger charge is -1.98. The lowest BCUT2D eigenvalue weighted by Crippen LogP contribution is -2.16. The molecule has 0 fully saturated rings. The molecule has 92 valence electrons. The third kappa shape index (κ3) is 5.70. The highest BCUT2D eigenvalue weighted by Crippen LogP contribution is 2.07. The zero-order chi connectivity index (χ0) is 12.5. The van der Waals surface area contributed by atoms with E-state index >= 15 is 0 Å². The molecule has 0 heterocycles. The lowest BCUT2D eigenvalue weighted by molar-refractivity contribution is -0.121. The fourth-order valence-corrected chi connectivity index (χ4v) is 1.33. The molecule has 0 unspecified atom stereocenters. The predicted molar refractivity (Wildman–Crippen MR) is 68.0 cm³/mol. The summed E-state index contributed by atoms with van der Waals surface area (Å²) in [6, 6.07) is 6.60. The molecular formula is C13H18N2O2. The van der Waals surface area contributed by atoms with E-state index in [0.717, 1.165) is 24.8 Å². The highest BCUT2D eigenvalue weighted by Gasteiger charge is 1.97. The van der Waals surface area contributed by atoms with Gasteiger partial charge in [-0.2, -0.15) is 5.10 Å². The summed E-state index contributed by atoms with van der Waals surface area (Å²) in [7, 11) is 0. The van der Waals surface area contributed by atoms with E-state index in [1.54, 1.807) is 30.5 Å². The number of phenolic OH excluding ortho intramolecular Hbond substituents is 1. The molecule has 0 aliphatic carbocycles. The van der Waals surface area contributed by atoms with Crippen molar-refractivity contribution < 1.29 is 9.90 Å². The minimum absolute atomic E-state index is 0.0616. The van der Waals surface area contributed by atoms with E-state index in [4.69, 9.17) is 5.11 Å². The number of benzene rings is 1. The minimum atomic E-state index is -0.0616. The van der Waals surface area contributed by atoms with Gasteiger partial charge in [0.15, 0.2) is 0 Å². The number of hydrazone groups is 1. The third-order valence-corrected chi connectivity index (χ3v) is 2.30. The Bertz CT molecular complexity index is 372. The molecule has 0 saturated heterocycles. The van der Waals surface area contributed by atoms with Crippen molar-refractivity contribution in [3.05, 3.63) is 29.8 Å². The molecule has 0 aromatic heterocycles. The first-order valence-electron chi connectivity index (χ1n) is 5.83. The highest BCUT2D eigenvalue weighted by molar-refractivity contribution is 5.82. The largest absolute Gasteiger partial charge is 0.508 e. The van der Waals surface area contributed by atoms with Crippen LogP contribution in [-0.2, 0) is 4.79 Å². The van der Waals surface area contributed by atoms with Crippen molar-refractivity contribution in [2.75, 3.05) is 0 Å². The average molecular weight is 234 g/mol. The summed E-state index contributed by atoms with van der Waals surface area (Å²) in [4.78, 5) is 11.3. The van der Waals surface area contributed by atoms with Gasteiger partial charge in [0.25, 0.3) is 0 Å². The van der Waals surface area contributed by atoms with E-state index in [-0.39, 0.29) is 11.7 Å². The zero-order valence-corrected chi connectivity index (χ0v) is 10.0. The average Bonchev–Trinajstić information content (AvgIpc) is 2.32. The maximum Gasteiger partial charge on any atom is 0.240 e. The summed E-state index contributed by atoms with van der Waals surface area (Å²) < 4.78 is 0. The summed E-state index contributed by atoms with van der Waals surface area (Å²) in [5.74, 6) is 0.152. The molecule has 1 aromatic carbocycles. The van der Waals surface area contributed by atoms with Gasteiger partial charge in [-0.3, -0.25) is 4.79 Å². The Morgan fingerprint density at radius 3 is 2.71 bits per heavy atom. The van der Waals surface area contributed by atoms with E-state index in [2.05, 4.69) is 17.5 Å². The second-order valence-electron chi connectivity index (χ2n) is 3.84. The smallest absolute Gasteiger partial charge is 0.240 e. The van der Waals surface area contributed by atoms with Crippen LogP contribution in [0.2, 0.25) is 0 Å². The van der Waals surface area contributed by atoms with Crippen LogP contribution in [0.15, 0.2) is 29.4 Å². The second kappa shape index (κ2) is 7.44. The molecule has 1 aromatic rings. The molecule has 0 atom stereocenters. The molecule has 0 saturated carbocycles. The zero-order valence-electron chi connectivity index (χ0n) is 10.0. The fourth-order valence-electron chi connectivity index (χ4n) is 1.33. The summed E-state index contributed by atoms with van der Waals surface area (Å²) in [6.07, 6.45) is 5.13. The Balaban J connectivity index is 2.29. The molecule has 1 amide bonds. The van der Waals surface area contributed by atoms with E-state index < -0.39 is 0 Å². The summed E-state index contributed by atoms with van der Waals surface area (Å²) in [5.41, 5.74) is 3.30. The van der Waals surface area contributed by atoms with Crippen LogP contribution in [0, 0.1) is 0 Å². The Kier molecular flexibility index (Phi) is 5.79. The molecule has 0 spiro atoms. The first-order valence-corrected chi connectivity index (χ1v) is 5.83. The van der Waals surface area contributed by atoms with Crippen molar-refractivity contribution in [2.24, 2.45) is 5.10 Å². The van der Waals surface area contributed by atoms with Gasteiger partial charge in [-0.1, -0.05) is 19.8 Å². The van der Waals surface area contributed by atoms with Gasteiger partial charge in [-0.15, -0.1) is 0 Å². The molecule has 1 rings (SSSR count). The third-order valence-electron chi connectivity index (χ3n) is 2.30. The number of aromatic hydroxyl groups is 1. The Morgan fingerprint density at radius 1 is 1.35 bits per heavy atom. The van der Waals surface area contributed by atoms with Gasteiger partial charge in [0.2, 0.25) is 5.91 Å². The van der Waals surface area contributed by atoms with Crippen LogP contribution in [0.1, 0.15) is 38.2 Å². The van der Waals surface area contributed by atoms with Gasteiger partial charge in [0.05, 0.1) is 6.21 Å². The van der Waals surface area contributed by atoms with Crippen molar-refractivity contribution >= 4 is 12.1 Å². The molecule has 0 radical (unpaired) electrons. The number of amides is 1. The van der Waals surface area contributed by atoms with E-state index in [1.165, 1.54) is 0 Å². The van der Waals surface area contributed by atoms with Gasteiger partial charge in [0, 0.05) is 6.42 Å². The number of phenols is 1. The van der Waals surface area contributed by atoms with Crippen molar-refractivity contribution in [3.63, 3.8) is 0 Å². The first kappa shape index (κ1) is 13.2. The van der Waals surface area contributed by atoms with Crippen LogP contribution in [0.3, 0.4) is 0 Å². The van der Waals surface area contributed by atoms with Crippen molar-refractivity contribution in [3.8, 4) is 5.75 Å². The summed E-state index contributed by atoms with van der Waals surface area (Å²) in [5, 5.41) is 12.9. The molecule has 2 N–H and O–H groups in total. The van der Waals surface area contributed by atoms with E-state index in [1.807, 2.05) is 0 Å². The maximum atomic E-state index is 11.3. The predicted octanol–water partition coefficient (Wildman–Crippen LogP) is 2.42. The van der Waals surface area contributed by atoms with Crippen LogP contribution in [0.4, 0.5) is 0 Å². The molecule has 0 aliphatic heterocycles. The summed E-state index contributed by atoms with van der Waals surface area (Å²) >= 11 is 0. The lowest BCUT2D eigenvalue weighted by atomic mass is 10.2. The monoisotopic (exact) mass is 234 g/mol. The molecule has 4 nitrogen and oxygen atoms in total. The van der Waals surface area contributed by atoms with Gasteiger partial charge < -0.3 is 5.11 Å². The van der Waals surface area contributed by atoms with Crippen LogP contribution in [0.25, 0.3) is 0 Å².